The van der Waals surface area contributed by atoms with Gasteiger partial charge in [0.15, 0.2) is 12.7 Å². The van der Waals surface area contributed by atoms with Crippen LogP contribution in [-0.4, -0.2) is 40.9 Å². The number of hydrogen-bond acceptors (Lipinski definition) is 6. The Labute approximate surface area is 104 Å². The van der Waals surface area contributed by atoms with Crippen molar-refractivity contribution in [3.63, 3.8) is 0 Å². The topological polar surface area (TPSA) is 70.0 Å². The largest absolute Gasteiger partial charge is 0.337 e. The minimum Gasteiger partial charge on any atom is -0.337 e. The number of guanidine groups is 1. The van der Waals surface area contributed by atoms with E-state index in [0.29, 0.717) is 17.7 Å². The summed E-state index contributed by atoms with van der Waals surface area (Å²) in [4.78, 5) is 14.3. The van der Waals surface area contributed by atoms with Crippen molar-refractivity contribution in [1.82, 2.24) is 15.2 Å². The van der Waals surface area contributed by atoms with Crippen LogP contribution in [0, 0.1) is 0 Å². The molecular weight excluding hydrogens is 244 g/mol. The summed E-state index contributed by atoms with van der Waals surface area (Å²) in [6.07, 6.45) is 1.74. The molecule has 0 radical (unpaired) electrons. The summed E-state index contributed by atoms with van der Waals surface area (Å²) in [5, 5.41) is 11.6. The van der Waals surface area contributed by atoms with Crippen LogP contribution < -0.4 is 5.32 Å². The highest BCUT2D eigenvalue weighted by Gasteiger charge is 2.16. The number of aliphatic imine (C=N–C) groups is 1. The van der Waals surface area contributed by atoms with Crippen LogP contribution in [0.3, 0.4) is 0 Å². The highest BCUT2D eigenvalue weighted by molar-refractivity contribution is 6.29. The van der Waals surface area contributed by atoms with E-state index in [1.807, 2.05) is 11.0 Å². The molecule has 1 aliphatic rings. The summed E-state index contributed by atoms with van der Waals surface area (Å²) in [6.45, 7) is 2.28. The summed E-state index contributed by atoms with van der Waals surface area (Å²) in [5.74, 6) is 0.717. The van der Waals surface area contributed by atoms with Crippen molar-refractivity contribution in [3.05, 3.63) is 29.0 Å². The second kappa shape index (κ2) is 5.81. The predicted molar refractivity (Wildman–Crippen MR) is 63.7 cm³/mol. The normalized spacial score (nSPS) is 14.9. The van der Waals surface area contributed by atoms with E-state index in [0.717, 1.165) is 18.7 Å². The van der Waals surface area contributed by atoms with Gasteiger partial charge in [-0.05, 0) is 11.6 Å². The molecule has 1 aromatic rings. The van der Waals surface area contributed by atoms with Crippen molar-refractivity contribution in [3.8, 4) is 0 Å². The quantitative estimate of drug-likeness (QED) is 0.363. The van der Waals surface area contributed by atoms with Crippen molar-refractivity contribution in [2.24, 2.45) is 4.99 Å². The van der Waals surface area contributed by atoms with Crippen molar-refractivity contribution in [1.29, 1.82) is 0 Å². The lowest BCUT2D eigenvalue weighted by Gasteiger charge is -2.20. The Hall–Kier alpha value is -1.37. The molecule has 1 aliphatic heterocycles. The molecule has 7 heteroatoms. The molecule has 0 atom stereocenters. The van der Waals surface area contributed by atoms with Crippen LogP contribution in [0.2, 0.25) is 5.15 Å². The van der Waals surface area contributed by atoms with Gasteiger partial charge in [-0.25, -0.2) is 15.1 Å². The molecule has 1 aromatic heterocycles. The van der Waals surface area contributed by atoms with Crippen LogP contribution in [0.5, 0.6) is 0 Å². The Morgan fingerprint density at radius 3 is 3.12 bits per heavy atom. The Morgan fingerprint density at radius 2 is 2.41 bits per heavy atom. The molecule has 0 aromatic carbocycles. The molecule has 2 rings (SSSR count). The van der Waals surface area contributed by atoms with Gasteiger partial charge in [-0.15, -0.1) is 0 Å². The fourth-order valence-corrected chi connectivity index (χ4v) is 1.73. The number of aromatic nitrogens is 1. The number of nitrogens with zero attached hydrogens (tertiary/aromatic N) is 3. The van der Waals surface area contributed by atoms with Crippen LogP contribution >= 0.6 is 11.6 Å². The van der Waals surface area contributed by atoms with Crippen LogP contribution in [0.25, 0.3) is 0 Å². The highest BCUT2D eigenvalue weighted by atomic mass is 35.5. The molecule has 0 bridgehead atoms. The van der Waals surface area contributed by atoms with Crippen molar-refractivity contribution in [2.45, 2.75) is 6.54 Å². The van der Waals surface area contributed by atoms with Crippen molar-refractivity contribution < 1.29 is 10.1 Å². The van der Waals surface area contributed by atoms with Gasteiger partial charge in [0.1, 0.15) is 5.15 Å². The van der Waals surface area contributed by atoms with Gasteiger partial charge in [0.2, 0.25) is 0 Å². The fraction of sp³-hybridized carbons (Fsp3) is 0.400. The third kappa shape index (κ3) is 3.29. The molecule has 6 nitrogen and oxygen atoms in total. The van der Waals surface area contributed by atoms with E-state index >= 15 is 0 Å². The van der Waals surface area contributed by atoms with Crippen molar-refractivity contribution in [2.75, 3.05) is 19.8 Å². The highest BCUT2D eigenvalue weighted by Crippen LogP contribution is 2.10. The Morgan fingerprint density at radius 1 is 1.53 bits per heavy atom. The SMILES string of the molecule is OOCNC1=NCCN1Cc1ccc(Cl)nc1. The standard InChI is InChI=1S/C10H13ClN4O2/c11-9-2-1-8(5-13-9)6-15-4-3-12-10(15)14-7-17-16/h1-2,5,16H,3-4,6-7H2,(H,12,14). The molecule has 0 amide bonds. The van der Waals surface area contributed by atoms with E-state index in [9.17, 15) is 0 Å². The lowest BCUT2D eigenvalue weighted by Crippen LogP contribution is -2.38. The zero-order valence-electron chi connectivity index (χ0n) is 9.14. The summed E-state index contributed by atoms with van der Waals surface area (Å²) in [7, 11) is 0. The first-order valence-electron chi connectivity index (χ1n) is 5.19. The van der Waals surface area contributed by atoms with Crippen LogP contribution in [-0.2, 0) is 11.4 Å². The average Bonchev–Trinajstić information content (AvgIpc) is 2.77. The smallest absolute Gasteiger partial charge is 0.196 e. The van der Waals surface area contributed by atoms with Crippen molar-refractivity contribution >= 4 is 17.6 Å². The minimum absolute atomic E-state index is 0.0220. The maximum Gasteiger partial charge on any atom is 0.196 e. The summed E-state index contributed by atoms with van der Waals surface area (Å²) in [6, 6.07) is 3.68. The van der Waals surface area contributed by atoms with E-state index in [2.05, 4.69) is 20.2 Å². The number of hydrogen-bond donors (Lipinski definition) is 2. The van der Waals surface area contributed by atoms with E-state index < -0.39 is 0 Å². The number of nitrogens with one attached hydrogen (secondary N) is 1. The maximum absolute atomic E-state index is 8.27. The lowest BCUT2D eigenvalue weighted by atomic mass is 10.3. The van der Waals surface area contributed by atoms with Gasteiger partial charge in [0.25, 0.3) is 0 Å². The van der Waals surface area contributed by atoms with E-state index in [1.54, 1.807) is 12.3 Å². The van der Waals surface area contributed by atoms with E-state index in [4.69, 9.17) is 16.9 Å². The summed E-state index contributed by atoms with van der Waals surface area (Å²) < 4.78 is 0. The van der Waals surface area contributed by atoms with E-state index in [1.165, 1.54) is 0 Å². The summed E-state index contributed by atoms with van der Waals surface area (Å²) in [5.41, 5.74) is 1.05. The molecule has 92 valence electrons. The first kappa shape index (κ1) is 12.1. The van der Waals surface area contributed by atoms with Gasteiger partial charge in [-0.3, -0.25) is 4.99 Å². The molecule has 0 saturated carbocycles. The second-order valence-electron chi connectivity index (χ2n) is 3.57. The van der Waals surface area contributed by atoms with Gasteiger partial charge in [-0.2, -0.15) is 0 Å². The summed E-state index contributed by atoms with van der Waals surface area (Å²) >= 11 is 5.72. The second-order valence-corrected chi connectivity index (χ2v) is 3.95. The Bertz CT molecular complexity index is 396. The zero-order chi connectivity index (χ0) is 12.1. The molecule has 2 N–H and O–H groups in total. The third-order valence-corrected chi connectivity index (χ3v) is 2.61. The average molecular weight is 257 g/mol. The molecular formula is C10H13ClN4O2. The Balaban J connectivity index is 1.94. The predicted octanol–water partition coefficient (Wildman–Crippen LogP) is 0.943. The van der Waals surface area contributed by atoms with Gasteiger partial charge in [-0.1, -0.05) is 17.7 Å². The van der Waals surface area contributed by atoms with Crippen LogP contribution in [0.1, 0.15) is 5.56 Å². The van der Waals surface area contributed by atoms with Gasteiger partial charge >= 0.3 is 0 Å². The molecule has 0 spiro atoms. The maximum atomic E-state index is 8.27. The molecule has 0 aliphatic carbocycles. The molecule has 0 unspecified atom stereocenters. The van der Waals surface area contributed by atoms with E-state index in [-0.39, 0.29) is 6.73 Å². The van der Waals surface area contributed by atoms with Crippen LogP contribution in [0.4, 0.5) is 0 Å². The third-order valence-electron chi connectivity index (χ3n) is 2.39. The Kier molecular flexibility index (Phi) is 4.13. The van der Waals surface area contributed by atoms with Crippen LogP contribution in [0.15, 0.2) is 23.3 Å². The monoisotopic (exact) mass is 256 g/mol. The molecule has 0 fully saturated rings. The molecule has 17 heavy (non-hydrogen) atoms. The van der Waals surface area contributed by atoms with Gasteiger partial charge in [0, 0.05) is 19.3 Å². The number of pyridine rings is 1. The zero-order valence-corrected chi connectivity index (χ0v) is 9.89. The van der Waals surface area contributed by atoms with Gasteiger partial charge in [0.05, 0.1) is 6.54 Å². The van der Waals surface area contributed by atoms with Gasteiger partial charge < -0.3 is 10.2 Å². The number of halogens is 1. The first-order valence-corrected chi connectivity index (χ1v) is 5.57. The number of rotatable bonds is 4. The minimum atomic E-state index is 0.0220. The lowest BCUT2D eigenvalue weighted by molar-refractivity contribution is -0.244. The molecule has 0 saturated heterocycles. The first-order chi connectivity index (χ1) is 8.29. The molecule has 2 heterocycles. The fourth-order valence-electron chi connectivity index (χ4n) is 1.62.